The van der Waals surface area contributed by atoms with Crippen LogP contribution in [0.15, 0.2) is 16.6 Å². The fraction of sp³-hybridized carbons (Fsp3) is 0.300. The van der Waals surface area contributed by atoms with Crippen molar-refractivity contribution in [1.29, 1.82) is 0 Å². The van der Waals surface area contributed by atoms with Crippen LogP contribution in [0.4, 0.5) is 30.7 Å². The Morgan fingerprint density at radius 1 is 1.10 bits per heavy atom. The number of esters is 1. The van der Waals surface area contributed by atoms with Crippen LogP contribution in [-0.2, 0) is 16.1 Å². The van der Waals surface area contributed by atoms with E-state index in [1.165, 1.54) is 0 Å². The maximum atomic E-state index is 13.2. The number of halogens is 8. The van der Waals surface area contributed by atoms with Crippen molar-refractivity contribution in [3.63, 3.8) is 0 Å². The Morgan fingerprint density at radius 3 is 1.95 bits per heavy atom. The fourth-order valence-corrected chi connectivity index (χ4v) is 1.46. The average Bonchev–Trinajstić information content (AvgIpc) is 2.25. The van der Waals surface area contributed by atoms with E-state index in [1.807, 2.05) is 0 Å². The van der Waals surface area contributed by atoms with Crippen molar-refractivity contribution in [1.82, 2.24) is 0 Å². The van der Waals surface area contributed by atoms with Crippen LogP contribution in [-0.4, -0.2) is 18.1 Å². The third kappa shape index (κ3) is 3.41. The van der Waals surface area contributed by atoms with Crippen molar-refractivity contribution in [2.45, 2.75) is 18.7 Å². The minimum Gasteiger partial charge on any atom is -0.456 e. The quantitative estimate of drug-likeness (QED) is 0.596. The van der Waals surface area contributed by atoms with Gasteiger partial charge < -0.3 is 4.74 Å². The molecule has 0 aliphatic rings. The summed E-state index contributed by atoms with van der Waals surface area (Å²) in [6, 6.07) is 1.46. The van der Waals surface area contributed by atoms with E-state index < -0.39 is 41.9 Å². The Kier molecular flexibility index (Phi) is 4.67. The maximum absolute atomic E-state index is 13.2. The van der Waals surface area contributed by atoms with Crippen molar-refractivity contribution >= 4 is 21.9 Å². The number of hydrogen-bond acceptors (Lipinski definition) is 2. The molecule has 1 aromatic rings. The van der Waals surface area contributed by atoms with Gasteiger partial charge in [0.1, 0.15) is 18.2 Å². The minimum absolute atomic E-state index is 0.0248. The van der Waals surface area contributed by atoms with E-state index in [0.29, 0.717) is 0 Å². The van der Waals surface area contributed by atoms with Crippen molar-refractivity contribution in [2.75, 3.05) is 0 Å². The van der Waals surface area contributed by atoms with Gasteiger partial charge in [-0.2, -0.15) is 22.0 Å². The van der Waals surface area contributed by atoms with Crippen LogP contribution < -0.4 is 0 Å². The summed E-state index contributed by atoms with van der Waals surface area (Å²) < 4.78 is 90.5. The largest absolute Gasteiger partial charge is 0.465 e. The van der Waals surface area contributed by atoms with E-state index in [9.17, 15) is 35.5 Å². The monoisotopic (exact) mass is 368 g/mol. The van der Waals surface area contributed by atoms with Gasteiger partial charge in [0.15, 0.2) is 0 Å². The van der Waals surface area contributed by atoms with Gasteiger partial charge in [-0.15, -0.1) is 0 Å². The molecule has 0 spiro atoms. The molecular weight excluding hydrogens is 365 g/mol. The van der Waals surface area contributed by atoms with Crippen LogP contribution in [0.2, 0.25) is 0 Å². The van der Waals surface area contributed by atoms with Gasteiger partial charge in [-0.05, 0) is 12.1 Å². The number of ether oxygens (including phenoxy) is 1. The molecule has 0 fully saturated rings. The summed E-state index contributed by atoms with van der Waals surface area (Å²) >= 11 is 2.73. The zero-order chi connectivity index (χ0) is 15.7. The Balaban J connectivity index is 2.86. The highest BCUT2D eigenvalue weighted by molar-refractivity contribution is 9.10. The first-order valence-corrected chi connectivity index (χ1v) is 5.51. The minimum atomic E-state index is -6.15. The maximum Gasteiger partial charge on any atom is 0.465 e. The molecule has 10 heteroatoms. The number of hydrogen-bond donors (Lipinski definition) is 0. The number of carbonyl (C=O) groups excluding carboxylic acids is 1. The second-order valence-electron chi connectivity index (χ2n) is 3.50. The summed E-state index contributed by atoms with van der Waals surface area (Å²) in [5.74, 6) is -11.2. The Bertz CT molecular complexity index is 504. The SMILES string of the molecule is O=C(OCc1c(F)cc(Br)cc1F)C(F)(F)C(F)(F)F. The first-order chi connectivity index (χ1) is 8.96. The molecule has 0 unspecified atom stereocenters. The van der Waals surface area contributed by atoms with Gasteiger partial charge in [-0.3, -0.25) is 0 Å². The molecule has 1 rings (SSSR count). The van der Waals surface area contributed by atoms with Gasteiger partial charge in [0, 0.05) is 4.47 Å². The van der Waals surface area contributed by atoms with Gasteiger partial charge >= 0.3 is 18.1 Å². The molecule has 20 heavy (non-hydrogen) atoms. The highest BCUT2D eigenvalue weighted by Gasteiger charge is 2.64. The number of alkyl halides is 5. The molecule has 0 radical (unpaired) electrons. The summed E-state index contributed by atoms with van der Waals surface area (Å²) in [6.07, 6.45) is -6.15. The third-order valence-electron chi connectivity index (χ3n) is 2.07. The average molecular weight is 369 g/mol. The first-order valence-electron chi connectivity index (χ1n) is 4.72. The van der Waals surface area contributed by atoms with Crippen LogP contribution in [0, 0.1) is 11.6 Å². The fourth-order valence-electron chi connectivity index (χ4n) is 1.05. The summed E-state index contributed by atoms with van der Waals surface area (Å²) in [5.41, 5.74) is -0.945. The lowest BCUT2D eigenvalue weighted by molar-refractivity contribution is -0.281. The lowest BCUT2D eigenvalue weighted by Gasteiger charge is -2.18. The second kappa shape index (κ2) is 5.58. The third-order valence-corrected chi connectivity index (χ3v) is 2.52. The molecule has 0 aromatic heterocycles. The van der Waals surface area contributed by atoms with Crippen LogP contribution in [0.1, 0.15) is 5.56 Å². The molecular formula is C10H4BrF7O2. The lowest BCUT2D eigenvalue weighted by atomic mass is 10.2. The normalized spacial score (nSPS) is 12.4. The zero-order valence-corrected chi connectivity index (χ0v) is 10.8. The summed E-state index contributed by atoms with van der Waals surface area (Å²) in [6.45, 7) is -1.39. The van der Waals surface area contributed by atoms with Gasteiger partial charge in [-0.25, -0.2) is 13.6 Å². The van der Waals surface area contributed by atoms with Crippen LogP contribution in [0.25, 0.3) is 0 Å². The van der Waals surface area contributed by atoms with E-state index in [2.05, 4.69) is 20.7 Å². The van der Waals surface area contributed by atoms with E-state index >= 15 is 0 Å². The lowest BCUT2D eigenvalue weighted by Crippen LogP contribution is -2.45. The molecule has 0 amide bonds. The molecule has 0 heterocycles. The topological polar surface area (TPSA) is 26.3 Å². The van der Waals surface area contributed by atoms with Crippen LogP contribution in [0.3, 0.4) is 0 Å². The molecule has 0 N–H and O–H groups in total. The molecule has 112 valence electrons. The van der Waals surface area contributed by atoms with E-state index in [-0.39, 0.29) is 4.47 Å². The molecule has 0 bridgehead atoms. The molecule has 1 aromatic carbocycles. The summed E-state index contributed by atoms with van der Waals surface area (Å²) in [4.78, 5) is 10.6. The van der Waals surface area contributed by atoms with Crippen molar-refractivity contribution < 1.29 is 40.3 Å². The number of carbonyl (C=O) groups is 1. The van der Waals surface area contributed by atoms with Crippen molar-refractivity contribution in [2.24, 2.45) is 0 Å². The Hall–Kier alpha value is -1.32. The first kappa shape index (κ1) is 16.7. The highest BCUT2D eigenvalue weighted by atomic mass is 79.9. The molecule has 0 saturated heterocycles. The van der Waals surface area contributed by atoms with Crippen LogP contribution >= 0.6 is 15.9 Å². The van der Waals surface area contributed by atoms with Crippen molar-refractivity contribution in [3.05, 3.63) is 33.8 Å². The van der Waals surface area contributed by atoms with Gasteiger partial charge in [0.2, 0.25) is 0 Å². The van der Waals surface area contributed by atoms with E-state index in [0.717, 1.165) is 12.1 Å². The number of rotatable bonds is 3. The predicted molar refractivity (Wildman–Crippen MR) is 54.9 cm³/mol. The molecule has 0 aliphatic carbocycles. The van der Waals surface area contributed by atoms with Crippen LogP contribution in [0.5, 0.6) is 0 Å². The smallest absolute Gasteiger partial charge is 0.456 e. The summed E-state index contributed by atoms with van der Waals surface area (Å²) in [7, 11) is 0. The molecule has 0 atom stereocenters. The van der Waals surface area contributed by atoms with Gasteiger partial charge in [0.25, 0.3) is 0 Å². The molecule has 0 saturated carbocycles. The summed E-state index contributed by atoms with van der Waals surface area (Å²) in [5, 5.41) is 0. The van der Waals surface area contributed by atoms with E-state index in [4.69, 9.17) is 0 Å². The van der Waals surface area contributed by atoms with Crippen molar-refractivity contribution in [3.8, 4) is 0 Å². The Labute approximate surface area is 115 Å². The predicted octanol–water partition coefficient (Wildman–Crippen LogP) is 3.97. The number of benzene rings is 1. The van der Waals surface area contributed by atoms with Gasteiger partial charge in [0.05, 0.1) is 5.56 Å². The Morgan fingerprint density at radius 2 is 1.55 bits per heavy atom. The molecule has 2 nitrogen and oxygen atoms in total. The van der Waals surface area contributed by atoms with Gasteiger partial charge in [-0.1, -0.05) is 15.9 Å². The second-order valence-corrected chi connectivity index (χ2v) is 4.41. The highest BCUT2D eigenvalue weighted by Crippen LogP contribution is 2.36. The van der Waals surface area contributed by atoms with E-state index in [1.54, 1.807) is 0 Å². The standard InChI is InChI=1S/C10H4BrF7O2/c11-4-1-6(12)5(7(13)2-4)3-20-8(19)9(14,15)10(16,17)18/h1-2H,3H2. The molecule has 0 aliphatic heterocycles. The zero-order valence-electron chi connectivity index (χ0n) is 9.20.